The van der Waals surface area contributed by atoms with Gasteiger partial charge < -0.3 is 10.1 Å². The molecule has 0 aliphatic carbocycles. The zero-order chi connectivity index (χ0) is 22.9. The summed E-state index contributed by atoms with van der Waals surface area (Å²) in [5.74, 6) is -1.04. The Labute approximate surface area is 194 Å². The maximum absolute atomic E-state index is 12.9. The molecule has 2 amide bonds. The Bertz CT molecular complexity index is 1140. The summed E-state index contributed by atoms with van der Waals surface area (Å²) in [7, 11) is 0. The van der Waals surface area contributed by atoms with Crippen LogP contribution in [0.3, 0.4) is 0 Å². The van der Waals surface area contributed by atoms with E-state index in [0.717, 1.165) is 5.56 Å². The number of benzene rings is 3. The highest BCUT2D eigenvalue weighted by Crippen LogP contribution is 2.23. The van der Waals surface area contributed by atoms with Crippen LogP contribution in [-0.4, -0.2) is 18.0 Å². The summed E-state index contributed by atoms with van der Waals surface area (Å²) >= 11 is 12.1. The van der Waals surface area contributed by atoms with Crippen molar-refractivity contribution in [2.45, 2.75) is 13.0 Å². The van der Waals surface area contributed by atoms with Gasteiger partial charge in [0.15, 0.2) is 0 Å². The highest BCUT2D eigenvalue weighted by Gasteiger charge is 2.09. The number of amides is 2. The number of rotatable bonds is 8. The van der Waals surface area contributed by atoms with Crippen molar-refractivity contribution in [2.75, 3.05) is 5.32 Å². The second-order valence-electron chi connectivity index (χ2n) is 6.59. The van der Waals surface area contributed by atoms with Crippen LogP contribution in [0.2, 0.25) is 10.0 Å². The molecule has 6 nitrogen and oxygen atoms in total. The Hall–Kier alpha value is -3.42. The Morgan fingerprint density at radius 2 is 1.75 bits per heavy atom. The Balaban J connectivity index is 1.53. The van der Waals surface area contributed by atoms with Crippen molar-refractivity contribution in [3.05, 3.63) is 93.7 Å². The number of carbonyl (C=O) groups excluding carboxylic acids is 2. The Morgan fingerprint density at radius 1 is 1.00 bits per heavy atom. The van der Waals surface area contributed by atoms with Crippen LogP contribution in [0.5, 0.6) is 5.75 Å². The minimum atomic E-state index is -0.604. The standard InChI is InChI=1S/C23H18Cl2FN3O3/c24-17-6-5-16(20(25)11-17)14-32-21-4-2-1-3-15(21)13-27-29-23(31)12-22(30)28-19-9-7-18(26)8-10-19/h1-11,13H,12,14H2,(H,28,30)(H,29,31). The molecule has 0 aromatic heterocycles. The lowest BCUT2D eigenvalue weighted by Crippen LogP contribution is -2.24. The molecule has 0 aliphatic heterocycles. The number of ether oxygens (including phenoxy) is 1. The van der Waals surface area contributed by atoms with Crippen molar-refractivity contribution in [3.8, 4) is 5.75 Å². The third kappa shape index (κ3) is 7.08. The van der Waals surface area contributed by atoms with Crippen LogP contribution in [0.4, 0.5) is 10.1 Å². The smallest absolute Gasteiger partial charge is 0.249 e. The third-order valence-electron chi connectivity index (χ3n) is 4.16. The van der Waals surface area contributed by atoms with Gasteiger partial charge in [-0.3, -0.25) is 9.59 Å². The number of carbonyl (C=O) groups is 2. The number of anilines is 1. The third-order valence-corrected chi connectivity index (χ3v) is 4.75. The molecule has 3 rings (SSSR count). The van der Waals surface area contributed by atoms with Crippen molar-refractivity contribution < 1.29 is 18.7 Å². The molecule has 3 aromatic carbocycles. The summed E-state index contributed by atoms with van der Waals surface area (Å²) in [4.78, 5) is 23.9. The molecule has 0 fully saturated rings. The second-order valence-corrected chi connectivity index (χ2v) is 7.43. The molecular weight excluding hydrogens is 456 g/mol. The minimum absolute atomic E-state index is 0.219. The summed E-state index contributed by atoms with van der Waals surface area (Å²) in [6.45, 7) is 0.219. The highest BCUT2D eigenvalue weighted by atomic mass is 35.5. The monoisotopic (exact) mass is 473 g/mol. The molecule has 32 heavy (non-hydrogen) atoms. The van der Waals surface area contributed by atoms with E-state index in [1.165, 1.54) is 30.5 Å². The predicted octanol–water partition coefficient (Wildman–Crippen LogP) is 5.19. The lowest BCUT2D eigenvalue weighted by Gasteiger charge is -2.10. The van der Waals surface area contributed by atoms with Gasteiger partial charge in [0.05, 0.1) is 6.21 Å². The van der Waals surface area contributed by atoms with Crippen LogP contribution >= 0.6 is 23.2 Å². The van der Waals surface area contributed by atoms with Gasteiger partial charge in [0.25, 0.3) is 0 Å². The topological polar surface area (TPSA) is 79.8 Å². The summed E-state index contributed by atoms with van der Waals surface area (Å²) in [6.07, 6.45) is 0.969. The zero-order valence-electron chi connectivity index (χ0n) is 16.6. The predicted molar refractivity (Wildman–Crippen MR) is 123 cm³/mol. The van der Waals surface area contributed by atoms with E-state index in [1.54, 1.807) is 42.5 Å². The van der Waals surface area contributed by atoms with Gasteiger partial charge in [-0.05, 0) is 48.5 Å². The largest absolute Gasteiger partial charge is 0.488 e. The SMILES string of the molecule is O=C(CC(=O)Nc1ccc(F)cc1)NN=Cc1ccccc1OCc1ccc(Cl)cc1Cl. The van der Waals surface area contributed by atoms with E-state index < -0.39 is 24.1 Å². The molecule has 0 saturated carbocycles. The number of nitrogens with zero attached hydrogens (tertiary/aromatic N) is 1. The summed E-state index contributed by atoms with van der Waals surface area (Å²) < 4.78 is 18.7. The number of para-hydroxylation sites is 1. The van der Waals surface area contributed by atoms with Crippen LogP contribution in [0.25, 0.3) is 0 Å². The first-order valence-electron chi connectivity index (χ1n) is 9.44. The molecule has 2 N–H and O–H groups in total. The van der Waals surface area contributed by atoms with E-state index in [1.807, 2.05) is 0 Å². The second kappa shape index (κ2) is 11.3. The van der Waals surface area contributed by atoms with Gasteiger partial charge in [-0.2, -0.15) is 5.10 Å². The number of hydrogen-bond donors (Lipinski definition) is 2. The summed E-state index contributed by atoms with van der Waals surface area (Å²) in [6, 6.07) is 17.5. The average Bonchev–Trinajstić information content (AvgIpc) is 2.75. The summed E-state index contributed by atoms with van der Waals surface area (Å²) in [5, 5.41) is 7.41. The molecule has 0 saturated heterocycles. The van der Waals surface area contributed by atoms with E-state index in [9.17, 15) is 14.0 Å². The fraction of sp³-hybridized carbons (Fsp3) is 0.0870. The zero-order valence-corrected chi connectivity index (χ0v) is 18.2. The fourth-order valence-corrected chi connectivity index (χ4v) is 3.07. The number of hydrazone groups is 1. The van der Waals surface area contributed by atoms with E-state index in [-0.39, 0.29) is 6.61 Å². The first-order valence-corrected chi connectivity index (χ1v) is 10.2. The van der Waals surface area contributed by atoms with Crippen molar-refractivity contribution in [1.82, 2.24) is 5.43 Å². The first-order chi connectivity index (χ1) is 15.4. The van der Waals surface area contributed by atoms with Gasteiger partial charge in [0, 0.05) is 26.9 Å². The first kappa shape index (κ1) is 23.2. The Morgan fingerprint density at radius 3 is 2.50 bits per heavy atom. The molecule has 0 unspecified atom stereocenters. The Kier molecular flexibility index (Phi) is 8.19. The molecule has 0 bridgehead atoms. The van der Waals surface area contributed by atoms with Crippen molar-refractivity contribution in [2.24, 2.45) is 5.10 Å². The summed E-state index contributed by atoms with van der Waals surface area (Å²) in [5.41, 5.74) is 4.07. The van der Waals surface area contributed by atoms with Gasteiger partial charge in [0.2, 0.25) is 11.8 Å². The minimum Gasteiger partial charge on any atom is -0.488 e. The maximum atomic E-state index is 12.9. The lowest BCUT2D eigenvalue weighted by atomic mass is 10.2. The normalized spacial score (nSPS) is 10.7. The van der Waals surface area contributed by atoms with Crippen molar-refractivity contribution >= 4 is 46.9 Å². The van der Waals surface area contributed by atoms with E-state index >= 15 is 0 Å². The molecule has 164 valence electrons. The molecule has 9 heteroatoms. The van der Waals surface area contributed by atoms with Gasteiger partial charge in [-0.15, -0.1) is 0 Å². The average molecular weight is 474 g/mol. The van der Waals surface area contributed by atoms with Crippen molar-refractivity contribution in [3.63, 3.8) is 0 Å². The number of halogens is 3. The quantitative estimate of drug-likeness (QED) is 0.268. The lowest BCUT2D eigenvalue weighted by molar-refractivity contribution is -0.126. The van der Waals surface area contributed by atoms with Crippen LogP contribution in [0.15, 0.2) is 71.8 Å². The van der Waals surface area contributed by atoms with Gasteiger partial charge >= 0.3 is 0 Å². The molecule has 0 heterocycles. The van der Waals surface area contributed by atoms with Gasteiger partial charge in [0.1, 0.15) is 24.6 Å². The number of nitrogens with one attached hydrogen (secondary N) is 2. The molecule has 0 radical (unpaired) electrons. The fourth-order valence-electron chi connectivity index (χ4n) is 2.61. The van der Waals surface area contributed by atoms with Gasteiger partial charge in [-0.1, -0.05) is 41.4 Å². The van der Waals surface area contributed by atoms with Crippen LogP contribution < -0.4 is 15.5 Å². The molecule has 3 aromatic rings. The van der Waals surface area contributed by atoms with Crippen LogP contribution in [-0.2, 0) is 16.2 Å². The number of hydrogen-bond acceptors (Lipinski definition) is 4. The van der Waals surface area contributed by atoms with E-state index in [0.29, 0.717) is 27.0 Å². The van der Waals surface area contributed by atoms with Crippen LogP contribution in [0, 0.1) is 5.82 Å². The maximum Gasteiger partial charge on any atom is 0.249 e. The molecule has 0 atom stereocenters. The van der Waals surface area contributed by atoms with Gasteiger partial charge in [-0.25, -0.2) is 9.82 Å². The molecule has 0 aliphatic rings. The van der Waals surface area contributed by atoms with Crippen LogP contribution in [0.1, 0.15) is 17.5 Å². The molecular formula is C23H18Cl2FN3O3. The van der Waals surface area contributed by atoms with E-state index in [2.05, 4.69) is 15.8 Å². The van der Waals surface area contributed by atoms with E-state index in [4.69, 9.17) is 27.9 Å². The molecule has 0 spiro atoms. The van der Waals surface area contributed by atoms with Crippen molar-refractivity contribution in [1.29, 1.82) is 0 Å². The highest BCUT2D eigenvalue weighted by molar-refractivity contribution is 6.35.